The summed E-state index contributed by atoms with van der Waals surface area (Å²) in [6.45, 7) is 7.98. The monoisotopic (exact) mass is 368 g/mol. The third-order valence-electron chi connectivity index (χ3n) is 5.14. The second kappa shape index (κ2) is 13.7. The lowest BCUT2D eigenvalue weighted by molar-refractivity contribution is -0.143. The Labute approximate surface area is 162 Å². The van der Waals surface area contributed by atoms with Crippen LogP contribution in [0.15, 0.2) is 12.2 Å². The van der Waals surface area contributed by atoms with Crippen LogP contribution in [0.3, 0.4) is 0 Å². The van der Waals surface area contributed by atoms with Crippen molar-refractivity contribution < 1.29 is 14.6 Å². The van der Waals surface area contributed by atoms with Crippen molar-refractivity contribution in [2.24, 2.45) is 0 Å². The van der Waals surface area contributed by atoms with Gasteiger partial charge in [-0.15, -0.1) is 0 Å². The molecule has 1 fully saturated rings. The molecule has 0 spiro atoms. The molecule has 0 aromatic carbocycles. The van der Waals surface area contributed by atoms with Gasteiger partial charge in [-0.3, -0.25) is 0 Å². The molecule has 1 aliphatic rings. The first kappa shape index (κ1) is 23.7. The lowest BCUT2D eigenvalue weighted by atomic mass is 10.0. The van der Waals surface area contributed by atoms with E-state index < -0.39 is 11.9 Å². The zero-order valence-electron chi connectivity index (χ0n) is 17.8. The number of aliphatic hydroxyl groups excluding tert-OH is 1. The summed E-state index contributed by atoms with van der Waals surface area (Å²) in [5.74, 6) is -0.518. The van der Waals surface area contributed by atoms with E-state index in [1.54, 1.807) is 13.0 Å². The molecular weight excluding hydrogens is 324 g/mol. The van der Waals surface area contributed by atoms with E-state index in [1.165, 1.54) is 77.0 Å². The fourth-order valence-corrected chi connectivity index (χ4v) is 3.71. The zero-order chi connectivity index (χ0) is 19.3. The van der Waals surface area contributed by atoms with E-state index in [1.807, 2.05) is 19.9 Å². The van der Waals surface area contributed by atoms with Crippen molar-refractivity contribution in [3.63, 3.8) is 0 Å². The van der Waals surface area contributed by atoms with Crippen LogP contribution in [0.5, 0.6) is 0 Å². The van der Waals surface area contributed by atoms with Gasteiger partial charge in [-0.1, -0.05) is 96.1 Å². The molecule has 1 saturated heterocycles. The van der Waals surface area contributed by atoms with Gasteiger partial charge >= 0.3 is 0 Å². The maximum Gasteiger partial charge on any atom is 0.164 e. The highest BCUT2D eigenvalue weighted by Crippen LogP contribution is 2.31. The van der Waals surface area contributed by atoms with Gasteiger partial charge in [0.05, 0.1) is 12.2 Å². The first-order chi connectivity index (χ1) is 12.4. The first-order valence-corrected chi connectivity index (χ1v) is 11.2. The molecule has 0 saturated carbocycles. The zero-order valence-corrected chi connectivity index (χ0v) is 17.8. The highest BCUT2D eigenvalue weighted by molar-refractivity contribution is 4.99. The van der Waals surface area contributed by atoms with E-state index in [2.05, 4.69) is 6.92 Å². The Kier molecular flexibility index (Phi) is 12.5. The molecule has 0 radical (unpaired) electrons. The minimum atomic E-state index is -0.518. The number of hydrogen-bond acceptors (Lipinski definition) is 3. The average molecular weight is 369 g/mol. The van der Waals surface area contributed by atoms with Gasteiger partial charge in [0, 0.05) is 0 Å². The molecule has 0 amide bonds. The molecule has 0 aromatic rings. The van der Waals surface area contributed by atoms with Crippen LogP contribution in [0, 0.1) is 0 Å². The van der Waals surface area contributed by atoms with Crippen LogP contribution in [0.4, 0.5) is 0 Å². The van der Waals surface area contributed by atoms with Crippen LogP contribution in [-0.2, 0) is 9.47 Å². The molecule has 3 nitrogen and oxygen atoms in total. The van der Waals surface area contributed by atoms with E-state index >= 15 is 0 Å². The molecule has 0 aromatic heterocycles. The molecule has 1 rings (SSSR count). The van der Waals surface area contributed by atoms with Crippen molar-refractivity contribution >= 4 is 0 Å². The van der Waals surface area contributed by atoms with Gasteiger partial charge in [-0.25, -0.2) is 0 Å². The molecule has 0 aliphatic carbocycles. The Hall–Kier alpha value is -0.380. The van der Waals surface area contributed by atoms with Crippen molar-refractivity contribution in [3.8, 4) is 0 Å². The highest BCUT2D eigenvalue weighted by atomic mass is 16.7. The maximum atomic E-state index is 9.43. The molecule has 0 unspecified atom stereocenters. The Balaban J connectivity index is 2.04. The average Bonchev–Trinajstić information content (AvgIpc) is 2.88. The summed E-state index contributed by atoms with van der Waals surface area (Å²) >= 11 is 0. The van der Waals surface area contributed by atoms with Gasteiger partial charge in [0.25, 0.3) is 0 Å². The summed E-state index contributed by atoms with van der Waals surface area (Å²) in [5.41, 5.74) is 0. The number of ether oxygens (including phenoxy) is 2. The quantitative estimate of drug-likeness (QED) is 0.264. The second-order valence-electron chi connectivity index (χ2n) is 8.44. The number of rotatable bonds is 15. The van der Waals surface area contributed by atoms with Gasteiger partial charge in [0.1, 0.15) is 6.10 Å². The largest absolute Gasteiger partial charge is 0.389 e. The number of hydrogen-bond donors (Lipinski definition) is 1. The standard InChI is InChI=1S/C23H44O3/c1-5-6-7-8-9-10-11-12-13-14-15-16-17-21-22(19-18-20(2)24)26-23(3,4)25-21/h18-22,24H,5-17H2,1-4H3/b19-18+/t20-,21-,22+/m1/s1. The second-order valence-corrected chi connectivity index (χ2v) is 8.44. The van der Waals surface area contributed by atoms with E-state index in [-0.39, 0.29) is 12.2 Å². The van der Waals surface area contributed by atoms with E-state index in [0.29, 0.717) is 0 Å². The minimum Gasteiger partial charge on any atom is -0.389 e. The van der Waals surface area contributed by atoms with Crippen LogP contribution < -0.4 is 0 Å². The summed E-state index contributed by atoms with van der Waals surface area (Å²) in [4.78, 5) is 0. The van der Waals surface area contributed by atoms with Gasteiger partial charge in [0.15, 0.2) is 5.79 Å². The van der Waals surface area contributed by atoms with Gasteiger partial charge < -0.3 is 14.6 Å². The predicted octanol–water partition coefficient (Wildman–Crippen LogP) is 6.53. The van der Waals surface area contributed by atoms with Crippen LogP contribution in [0.2, 0.25) is 0 Å². The summed E-state index contributed by atoms with van der Waals surface area (Å²) < 4.78 is 12.0. The SMILES string of the molecule is CCCCCCCCCCCCCC[C@H]1OC(C)(C)O[C@H]1/C=C/[C@@H](C)O. The third-order valence-corrected chi connectivity index (χ3v) is 5.14. The van der Waals surface area contributed by atoms with Crippen LogP contribution in [0.25, 0.3) is 0 Å². The van der Waals surface area contributed by atoms with Crippen LogP contribution in [-0.4, -0.2) is 29.2 Å². The van der Waals surface area contributed by atoms with Crippen molar-refractivity contribution in [3.05, 3.63) is 12.2 Å². The fraction of sp³-hybridized carbons (Fsp3) is 0.913. The normalized spacial score (nSPS) is 23.7. The molecule has 1 heterocycles. The fourth-order valence-electron chi connectivity index (χ4n) is 3.71. The van der Waals surface area contributed by atoms with Crippen LogP contribution in [0.1, 0.15) is 111 Å². The van der Waals surface area contributed by atoms with Crippen LogP contribution >= 0.6 is 0 Å². The molecule has 0 bridgehead atoms. The summed E-state index contributed by atoms with van der Waals surface area (Å²) in [6.07, 6.45) is 20.9. The highest BCUT2D eigenvalue weighted by Gasteiger charge is 2.39. The topological polar surface area (TPSA) is 38.7 Å². The van der Waals surface area contributed by atoms with Gasteiger partial charge in [-0.2, -0.15) is 0 Å². The molecule has 3 heteroatoms. The predicted molar refractivity (Wildman–Crippen MR) is 110 cm³/mol. The Morgan fingerprint density at radius 1 is 0.846 bits per heavy atom. The number of unbranched alkanes of at least 4 members (excludes halogenated alkanes) is 11. The minimum absolute atomic E-state index is 0.0349. The smallest absolute Gasteiger partial charge is 0.164 e. The molecule has 1 aliphatic heterocycles. The maximum absolute atomic E-state index is 9.43. The summed E-state index contributed by atoms with van der Waals surface area (Å²) in [6, 6.07) is 0. The third kappa shape index (κ3) is 11.4. The van der Waals surface area contributed by atoms with Crippen molar-refractivity contribution in [1.82, 2.24) is 0 Å². The first-order valence-electron chi connectivity index (χ1n) is 11.2. The Morgan fingerprint density at radius 3 is 1.85 bits per heavy atom. The van der Waals surface area contributed by atoms with Crippen molar-refractivity contribution in [1.29, 1.82) is 0 Å². The summed E-state index contributed by atoms with van der Waals surface area (Å²) in [7, 11) is 0. The molecule has 1 N–H and O–H groups in total. The lowest BCUT2D eigenvalue weighted by Crippen LogP contribution is -2.21. The van der Waals surface area contributed by atoms with E-state index in [0.717, 1.165) is 6.42 Å². The lowest BCUT2D eigenvalue weighted by Gasteiger charge is -2.16. The number of aliphatic hydroxyl groups is 1. The summed E-state index contributed by atoms with van der Waals surface area (Å²) in [5, 5.41) is 9.43. The Bertz CT molecular complexity index is 362. The van der Waals surface area contributed by atoms with Gasteiger partial charge in [-0.05, 0) is 27.2 Å². The van der Waals surface area contributed by atoms with E-state index in [4.69, 9.17) is 9.47 Å². The molecule has 3 atom stereocenters. The van der Waals surface area contributed by atoms with E-state index in [9.17, 15) is 5.11 Å². The molecular formula is C23H44O3. The van der Waals surface area contributed by atoms with Crippen molar-refractivity contribution in [2.75, 3.05) is 0 Å². The molecule has 26 heavy (non-hydrogen) atoms. The Morgan fingerprint density at radius 2 is 1.35 bits per heavy atom. The van der Waals surface area contributed by atoms with Gasteiger partial charge in [0.2, 0.25) is 0 Å². The molecule has 154 valence electrons. The van der Waals surface area contributed by atoms with Crippen molar-refractivity contribution in [2.45, 2.75) is 135 Å².